The molecule has 1 atom stereocenters. The molecule has 0 radical (unpaired) electrons. The van der Waals surface area contributed by atoms with Crippen LogP contribution in [0.15, 0.2) is 54.6 Å². The molecule has 0 spiro atoms. The van der Waals surface area contributed by atoms with Crippen LogP contribution in [0.3, 0.4) is 0 Å². The van der Waals surface area contributed by atoms with Crippen molar-refractivity contribution >= 4 is 17.6 Å². The highest BCUT2D eigenvalue weighted by atomic mass is 35.5. The second kappa shape index (κ2) is 10.3. The molecule has 1 heterocycles. The van der Waals surface area contributed by atoms with Crippen molar-refractivity contribution in [2.45, 2.75) is 19.0 Å². The minimum atomic E-state index is -0.165. The summed E-state index contributed by atoms with van der Waals surface area (Å²) in [6.07, 6.45) is 0.898. The fourth-order valence-electron chi connectivity index (χ4n) is 3.26. The van der Waals surface area contributed by atoms with Gasteiger partial charge in [0.05, 0.1) is 13.2 Å². The Kier molecular flexibility index (Phi) is 7.51. The van der Waals surface area contributed by atoms with Crippen molar-refractivity contribution in [2.24, 2.45) is 0 Å². The van der Waals surface area contributed by atoms with Gasteiger partial charge in [0.2, 0.25) is 0 Å². The monoisotopic (exact) mass is 387 g/mol. The van der Waals surface area contributed by atoms with Crippen LogP contribution in [0.1, 0.15) is 11.1 Å². The molecule has 1 aliphatic heterocycles. The summed E-state index contributed by atoms with van der Waals surface area (Å²) in [5.74, 6) is 0. The van der Waals surface area contributed by atoms with Crippen LogP contribution >= 0.6 is 11.6 Å². The third-order valence-electron chi connectivity index (χ3n) is 4.72. The van der Waals surface area contributed by atoms with E-state index in [-0.39, 0.29) is 12.1 Å². The minimum absolute atomic E-state index is 0.165. The molecule has 0 saturated carbocycles. The molecule has 0 aromatic heterocycles. The standard InChI is InChI=1S/C21H26ClN3O2/c22-19-8-4-7-18(13-19)15-23-21(26)24-16-20(25-9-11-27-12-10-25)14-17-5-2-1-3-6-17/h1-8,13,20H,9-12,14-16H2,(H2,23,24,26). The highest BCUT2D eigenvalue weighted by molar-refractivity contribution is 6.30. The maximum atomic E-state index is 12.2. The van der Waals surface area contributed by atoms with E-state index in [0.29, 0.717) is 18.1 Å². The van der Waals surface area contributed by atoms with E-state index in [1.165, 1.54) is 5.56 Å². The second-order valence-corrected chi connectivity index (χ2v) is 7.12. The number of urea groups is 1. The predicted octanol–water partition coefficient (Wildman–Crippen LogP) is 3.08. The Bertz CT molecular complexity index is 720. The lowest BCUT2D eigenvalue weighted by atomic mass is 10.0. The van der Waals surface area contributed by atoms with Crippen molar-refractivity contribution < 1.29 is 9.53 Å². The molecule has 2 aromatic rings. The highest BCUT2D eigenvalue weighted by Crippen LogP contribution is 2.12. The Morgan fingerprint density at radius 2 is 1.78 bits per heavy atom. The number of nitrogens with one attached hydrogen (secondary N) is 2. The van der Waals surface area contributed by atoms with Gasteiger partial charge in [-0.15, -0.1) is 0 Å². The number of carbonyl (C=O) groups is 1. The summed E-state index contributed by atoms with van der Waals surface area (Å²) in [5.41, 5.74) is 2.25. The lowest BCUT2D eigenvalue weighted by molar-refractivity contribution is 0.0172. The van der Waals surface area contributed by atoms with E-state index < -0.39 is 0 Å². The average Bonchev–Trinajstić information content (AvgIpc) is 2.71. The van der Waals surface area contributed by atoms with Crippen molar-refractivity contribution in [3.8, 4) is 0 Å². The topological polar surface area (TPSA) is 53.6 Å². The van der Waals surface area contributed by atoms with Crippen LogP contribution in [0, 0.1) is 0 Å². The first kappa shape index (κ1) is 19.7. The largest absolute Gasteiger partial charge is 0.379 e. The molecule has 5 nitrogen and oxygen atoms in total. The third-order valence-corrected chi connectivity index (χ3v) is 4.95. The zero-order valence-corrected chi connectivity index (χ0v) is 16.1. The second-order valence-electron chi connectivity index (χ2n) is 6.69. The number of halogens is 1. The lowest BCUT2D eigenvalue weighted by Crippen LogP contribution is -2.51. The SMILES string of the molecule is O=C(NCc1cccc(Cl)c1)NCC(Cc1ccccc1)N1CCOCC1. The fraction of sp³-hybridized carbons (Fsp3) is 0.381. The predicted molar refractivity (Wildman–Crippen MR) is 108 cm³/mol. The van der Waals surface area contributed by atoms with Crippen LogP contribution in [-0.2, 0) is 17.7 Å². The summed E-state index contributed by atoms with van der Waals surface area (Å²) in [6.45, 7) is 4.31. The molecule has 1 saturated heterocycles. The molecule has 0 aliphatic carbocycles. The maximum absolute atomic E-state index is 12.2. The smallest absolute Gasteiger partial charge is 0.315 e. The molecule has 1 unspecified atom stereocenters. The Morgan fingerprint density at radius 1 is 1.04 bits per heavy atom. The van der Waals surface area contributed by atoms with Crippen molar-refractivity contribution in [3.63, 3.8) is 0 Å². The Hall–Kier alpha value is -2.08. The third kappa shape index (κ3) is 6.54. The van der Waals surface area contributed by atoms with E-state index in [4.69, 9.17) is 16.3 Å². The summed E-state index contributed by atoms with van der Waals surface area (Å²) in [4.78, 5) is 14.6. The van der Waals surface area contributed by atoms with Crippen molar-refractivity contribution in [3.05, 3.63) is 70.7 Å². The van der Waals surface area contributed by atoms with Crippen LogP contribution in [0.2, 0.25) is 5.02 Å². The molecule has 144 valence electrons. The molecule has 2 aromatic carbocycles. The molecule has 3 rings (SSSR count). The Morgan fingerprint density at radius 3 is 2.52 bits per heavy atom. The van der Waals surface area contributed by atoms with Gasteiger partial charge in [-0.2, -0.15) is 0 Å². The van der Waals surface area contributed by atoms with Gasteiger partial charge in [0.25, 0.3) is 0 Å². The number of nitrogens with zero attached hydrogens (tertiary/aromatic N) is 1. The molecular formula is C21H26ClN3O2. The van der Waals surface area contributed by atoms with E-state index in [2.05, 4.69) is 39.8 Å². The molecule has 1 aliphatic rings. The van der Waals surface area contributed by atoms with Gasteiger partial charge in [0.15, 0.2) is 0 Å². The van der Waals surface area contributed by atoms with Crippen LogP contribution < -0.4 is 10.6 Å². The summed E-state index contributed by atoms with van der Waals surface area (Å²) in [6, 6.07) is 18.0. The van der Waals surface area contributed by atoms with Crippen LogP contribution in [0.5, 0.6) is 0 Å². The zero-order chi connectivity index (χ0) is 18.9. The van der Waals surface area contributed by atoms with E-state index >= 15 is 0 Å². The van der Waals surface area contributed by atoms with Crippen molar-refractivity contribution in [1.29, 1.82) is 0 Å². The van der Waals surface area contributed by atoms with E-state index in [1.54, 1.807) is 0 Å². The molecule has 2 N–H and O–H groups in total. The van der Waals surface area contributed by atoms with E-state index in [0.717, 1.165) is 38.3 Å². The molecule has 1 fully saturated rings. The van der Waals surface area contributed by atoms with E-state index in [1.807, 2.05) is 30.3 Å². The zero-order valence-electron chi connectivity index (χ0n) is 15.4. The first-order chi connectivity index (χ1) is 13.2. The average molecular weight is 388 g/mol. The Balaban J connectivity index is 1.52. The summed E-state index contributed by atoms with van der Waals surface area (Å²) in [5, 5.41) is 6.59. The lowest BCUT2D eigenvalue weighted by Gasteiger charge is -2.34. The molecule has 27 heavy (non-hydrogen) atoms. The number of hydrogen-bond acceptors (Lipinski definition) is 3. The van der Waals surface area contributed by atoms with Gasteiger partial charge in [-0.3, -0.25) is 4.90 Å². The van der Waals surface area contributed by atoms with E-state index in [9.17, 15) is 4.79 Å². The number of amides is 2. The van der Waals surface area contributed by atoms with Crippen LogP contribution in [0.4, 0.5) is 4.79 Å². The quantitative estimate of drug-likeness (QED) is 0.767. The molecule has 0 bridgehead atoms. The highest BCUT2D eigenvalue weighted by Gasteiger charge is 2.21. The van der Waals surface area contributed by atoms with Gasteiger partial charge >= 0.3 is 6.03 Å². The maximum Gasteiger partial charge on any atom is 0.315 e. The molecule has 6 heteroatoms. The van der Waals surface area contributed by atoms with Crippen molar-refractivity contribution in [1.82, 2.24) is 15.5 Å². The summed E-state index contributed by atoms with van der Waals surface area (Å²) >= 11 is 5.98. The van der Waals surface area contributed by atoms with Gasteiger partial charge in [-0.25, -0.2) is 4.79 Å². The van der Waals surface area contributed by atoms with Gasteiger partial charge in [0, 0.05) is 37.2 Å². The first-order valence-corrected chi connectivity index (χ1v) is 9.70. The number of ether oxygens (including phenoxy) is 1. The van der Waals surface area contributed by atoms with Gasteiger partial charge in [-0.1, -0.05) is 54.1 Å². The number of benzene rings is 2. The normalized spacial score (nSPS) is 15.9. The number of morpholine rings is 1. The van der Waals surface area contributed by atoms with Crippen molar-refractivity contribution in [2.75, 3.05) is 32.8 Å². The first-order valence-electron chi connectivity index (χ1n) is 9.32. The number of rotatable bonds is 7. The Labute approximate surface area is 165 Å². The van der Waals surface area contributed by atoms with Gasteiger partial charge < -0.3 is 15.4 Å². The minimum Gasteiger partial charge on any atom is -0.379 e. The number of carbonyl (C=O) groups excluding carboxylic acids is 1. The van der Waals surface area contributed by atoms with Gasteiger partial charge in [0.1, 0.15) is 0 Å². The fourth-order valence-corrected chi connectivity index (χ4v) is 3.47. The number of hydrogen-bond donors (Lipinski definition) is 2. The summed E-state index contributed by atoms with van der Waals surface area (Å²) < 4.78 is 5.47. The van der Waals surface area contributed by atoms with Crippen LogP contribution in [0.25, 0.3) is 0 Å². The molecular weight excluding hydrogens is 362 g/mol. The summed E-state index contributed by atoms with van der Waals surface area (Å²) in [7, 11) is 0. The molecule has 2 amide bonds. The van der Waals surface area contributed by atoms with Crippen LogP contribution in [-0.4, -0.2) is 49.8 Å². The van der Waals surface area contributed by atoms with Gasteiger partial charge in [-0.05, 0) is 29.7 Å².